The predicted octanol–water partition coefficient (Wildman–Crippen LogP) is 1.56. The van der Waals surface area contributed by atoms with Crippen LogP contribution in [0.2, 0.25) is 0 Å². The van der Waals surface area contributed by atoms with Crippen molar-refractivity contribution in [3.8, 4) is 5.75 Å². The molecule has 0 saturated carbocycles. The maximum absolute atomic E-state index is 5.72. The van der Waals surface area contributed by atoms with Crippen molar-refractivity contribution in [2.24, 2.45) is 5.84 Å². The van der Waals surface area contributed by atoms with E-state index in [0.717, 1.165) is 11.4 Å². The molecule has 0 fully saturated rings. The lowest BCUT2D eigenvalue weighted by molar-refractivity contribution is 0.415. The molecule has 70 valence electrons. The van der Waals surface area contributed by atoms with Gasteiger partial charge in [0.2, 0.25) is 0 Å². The fourth-order valence-corrected chi connectivity index (χ4v) is 1.02. The number of hydrogen-bond acceptors (Lipinski definition) is 3. The molecule has 3 heteroatoms. The number of anilines is 1. The van der Waals surface area contributed by atoms with E-state index in [9.17, 15) is 0 Å². The van der Waals surface area contributed by atoms with Crippen molar-refractivity contribution >= 4 is 5.69 Å². The normalized spacial score (nSPS) is 9.38. The molecule has 1 aromatic carbocycles. The second kappa shape index (κ2) is 4.52. The van der Waals surface area contributed by atoms with Crippen LogP contribution in [0.5, 0.6) is 5.75 Å². The van der Waals surface area contributed by atoms with E-state index in [-0.39, 0.29) is 0 Å². The standard InChI is InChI=1S/C10H14N2O/c1-3-8-12(11)9-4-6-10(13-2)7-5-9/h3-7H,1,8,11H2,2H3. The van der Waals surface area contributed by atoms with Gasteiger partial charge in [0.15, 0.2) is 0 Å². The highest BCUT2D eigenvalue weighted by Gasteiger charge is 1.98. The number of methoxy groups -OCH3 is 1. The van der Waals surface area contributed by atoms with E-state index in [2.05, 4.69) is 6.58 Å². The van der Waals surface area contributed by atoms with E-state index in [1.165, 1.54) is 0 Å². The van der Waals surface area contributed by atoms with Gasteiger partial charge >= 0.3 is 0 Å². The first-order valence-corrected chi connectivity index (χ1v) is 4.05. The van der Waals surface area contributed by atoms with E-state index < -0.39 is 0 Å². The summed E-state index contributed by atoms with van der Waals surface area (Å²) in [4.78, 5) is 0. The van der Waals surface area contributed by atoms with Gasteiger partial charge in [0.25, 0.3) is 0 Å². The lowest BCUT2D eigenvalue weighted by atomic mass is 10.3. The summed E-state index contributed by atoms with van der Waals surface area (Å²) >= 11 is 0. The van der Waals surface area contributed by atoms with Crippen molar-refractivity contribution in [2.75, 3.05) is 18.7 Å². The van der Waals surface area contributed by atoms with Crippen LogP contribution in [0, 0.1) is 0 Å². The molecule has 3 nitrogen and oxygen atoms in total. The Hall–Kier alpha value is -1.48. The molecule has 0 aromatic heterocycles. The third kappa shape index (κ3) is 2.49. The number of ether oxygens (including phenoxy) is 1. The zero-order valence-electron chi connectivity index (χ0n) is 7.73. The van der Waals surface area contributed by atoms with E-state index >= 15 is 0 Å². The third-order valence-electron chi connectivity index (χ3n) is 1.73. The van der Waals surface area contributed by atoms with Gasteiger partial charge in [-0.3, -0.25) is 0 Å². The van der Waals surface area contributed by atoms with Gasteiger partial charge in [-0.25, -0.2) is 5.84 Å². The van der Waals surface area contributed by atoms with Crippen molar-refractivity contribution in [3.05, 3.63) is 36.9 Å². The van der Waals surface area contributed by atoms with Crippen LogP contribution >= 0.6 is 0 Å². The molecule has 0 unspecified atom stereocenters. The van der Waals surface area contributed by atoms with Gasteiger partial charge in [-0.05, 0) is 24.3 Å². The predicted molar refractivity (Wildman–Crippen MR) is 54.7 cm³/mol. The number of rotatable bonds is 4. The Morgan fingerprint density at radius 2 is 2.08 bits per heavy atom. The molecule has 0 aliphatic rings. The van der Waals surface area contributed by atoms with Gasteiger partial charge in [-0.15, -0.1) is 6.58 Å². The third-order valence-corrected chi connectivity index (χ3v) is 1.73. The Labute approximate surface area is 78.4 Å². The first-order valence-electron chi connectivity index (χ1n) is 4.05. The molecule has 0 aliphatic heterocycles. The van der Waals surface area contributed by atoms with Gasteiger partial charge in [0.05, 0.1) is 19.3 Å². The Morgan fingerprint density at radius 3 is 2.54 bits per heavy atom. The van der Waals surface area contributed by atoms with Crippen molar-refractivity contribution in [1.29, 1.82) is 0 Å². The van der Waals surface area contributed by atoms with Gasteiger partial charge in [0.1, 0.15) is 5.75 Å². The molecular weight excluding hydrogens is 164 g/mol. The van der Waals surface area contributed by atoms with Crippen LogP contribution in [-0.2, 0) is 0 Å². The Morgan fingerprint density at radius 1 is 1.46 bits per heavy atom. The molecule has 0 atom stereocenters. The minimum absolute atomic E-state index is 0.631. The highest BCUT2D eigenvalue weighted by Crippen LogP contribution is 2.16. The molecule has 0 aliphatic carbocycles. The smallest absolute Gasteiger partial charge is 0.119 e. The summed E-state index contributed by atoms with van der Waals surface area (Å²) in [6.07, 6.45) is 1.75. The maximum atomic E-state index is 5.72. The van der Waals surface area contributed by atoms with E-state index in [1.54, 1.807) is 18.2 Å². The maximum Gasteiger partial charge on any atom is 0.119 e. The summed E-state index contributed by atoms with van der Waals surface area (Å²) in [6, 6.07) is 7.56. The molecule has 2 N–H and O–H groups in total. The molecule has 0 spiro atoms. The van der Waals surface area contributed by atoms with Crippen LogP contribution in [0.25, 0.3) is 0 Å². The van der Waals surface area contributed by atoms with Crippen LogP contribution in [0.4, 0.5) is 5.69 Å². The highest BCUT2D eigenvalue weighted by molar-refractivity contribution is 5.48. The average molecular weight is 178 g/mol. The average Bonchev–Trinajstić information content (AvgIpc) is 2.18. The monoisotopic (exact) mass is 178 g/mol. The lowest BCUT2D eigenvalue weighted by Gasteiger charge is -2.16. The number of nitrogens with two attached hydrogens (primary N) is 1. The molecule has 0 amide bonds. The molecule has 0 bridgehead atoms. The Balaban J connectivity index is 2.73. The quantitative estimate of drug-likeness (QED) is 0.432. The minimum atomic E-state index is 0.631. The highest BCUT2D eigenvalue weighted by atomic mass is 16.5. The second-order valence-corrected chi connectivity index (χ2v) is 2.64. The van der Waals surface area contributed by atoms with Crippen LogP contribution in [0.15, 0.2) is 36.9 Å². The van der Waals surface area contributed by atoms with Gasteiger partial charge in [-0.2, -0.15) is 0 Å². The van der Waals surface area contributed by atoms with Crippen molar-refractivity contribution in [2.45, 2.75) is 0 Å². The SMILES string of the molecule is C=CCN(N)c1ccc(OC)cc1. The summed E-state index contributed by atoms with van der Waals surface area (Å²) in [7, 11) is 1.64. The van der Waals surface area contributed by atoms with Crippen molar-refractivity contribution < 1.29 is 4.74 Å². The van der Waals surface area contributed by atoms with Crippen molar-refractivity contribution in [3.63, 3.8) is 0 Å². The van der Waals surface area contributed by atoms with Crippen LogP contribution in [-0.4, -0.2) is 13.7 Å². The summed E-state index contributed by atoms with van der Waals surface area (Å²) in [6.45, 7) is 4.24. The second-order valence-electron chi connectivity index (χ2n) is 2.64. The fraction of sp³-hybridized carbons (Fsp3) is 0.200. The number of hydrazine groups is 1. The molecule has 13 heavy (non-hydrogen) atoms. The first-order chi connectivity index (χ1) is 6.27. The van der Waals surface area contributed by atoms with E-state index in [0.29, 0.717) is 6.54 Å². The molecular formula is C10H14N2O. The first kappa shape index (κ1) is 9.61. The lowest BCUT2D eigenvalue weighted by Crippen LogP contribution is -2.30. The Kier molecular flexibility index (Phi) is 3.34. The van der Waals surface area contributed by atoms with Crippen LogP contribution < -0.4 is 15.6 Å². The Bertz CT molecular complexity index is 269. The van der Waals surface area contributed by atoms with Gasteiger partial charge in [0, 0.05) is 0 Å². The van der Waals surface area contributed by atoms with Gasteiger partial charge < -0.3 is 9.75 Å². The number of nitrogens with zero attached hydrogens (tertiary/aromatic N) is 1. The van der Waals surface area contributed by atoms with Crippen molar-refractivity contribution in [1.82, 2.24) is 0 Å². The fourth-order valence-electron chi connectivity index (χ4n) is 1.02. The zero-order chi connectivity index (χ0) is 9.68. The zero-order valence-corrected chi connectivity index (χ0v) is 7.73. The topological polar surface area (TPSA) is 38.5 Å². The van der Waals surface area contributed by atoms with Crippen LogP contribution in [0.1, 0.15) is 0 Å². The summed E-state index contributed by atoms with van der Waals surface area (Å²) in [5, 5.41) is 1.62. The molecule has 0 radical (unpaired) electrons. The minimum Gasteiger partial charge on any atom is -0.497 e. The largest absolute Gasteiger partial charge is 0.497 e. The van der Waals surface area contributed by atoms with E-state index in [4.69, 9.17) is 10.6 Å². The molecule has 0 heterocycles. The summed E-state index contributed by atoms with van der Waals surface area (Å²) in [5.41, 5.74) is 0.945. The van der Waals surface area contributed by atoms with Gasteiger partial charge in [-0.1, -0.05) is 6.08 Å². The molecule has 1 rings (SSSR count). The number of benzene rings is 1. The number of hydrogen-bond donors (Lipinski definition) is 1. The van der Waals surface area contributed by atoms with Crippen LogP contribution in [0.3, 0.4) is 0 Å². The van der Waals surface area contributed by atoms with E-state index in [1.807, 2.05) is 24.3 Å². The molecule has 0 saturated heterocycles. The summed E-state index contributed by atoms with van der Waals surface area (Å²) < 4.78 is 5.03. The molecule has 1 aromatic rings. The summed E-state index contributed by atoms with van der Waals surface area (Å²) in [5.74, 6) is 6.55.